The van der Waals surface area contributed by atoms with Gasteiger partial charge in [-0.3, -0.25) is 4.40 Å². The monoisotopic (exact) mass is 190 g/mol. The van der Waals surface area contributed by atoms with Crippen molar-refractivity contribution in [1.82, 2.24) is 14.6 Å². The van der Waals surface area contributed by atoms with E-state index in [1.807, 2.05) is 17.6 Å². The van der Waals surface area contributed by atoms with Crippen LogP contribution in [0.15, 0.2) is 18.3 Å². The Bertz CT molecular complexity index is 444. The minimum absolute atomic E-state index is 0.523. The Kier molecular flexibility index (Phi) is 2.11. The molecule has 0 aromatic carbocycles. The summed E-state index contributed by atoms with van der Waals surface area (Å²) >= 11 is 0. The van der Waals surface area contributed by atoms with Gasteiger partial charge < -0.3 is 5.32 Å². The summed E-state index contributed by atoms with van der Waals surface area (Å²) in [6.45, 7) is 4.34. The van der Waals surface area contributed by atoms with E-state index >= 15 is 0 Å². The Morgan fingerprint density at radius 3 is 2.79 bits per heavy atom. The van der Waals surface area contributed by atoms with E-state index in [0.717, 1.165) is 11.6 Å². The molecule has 0 unspecified atom stereocenters. The molecule has 2 aromatic heterocycles. The summed E-state index contributed by atoms with van der Waals surface area (Å²) in [7, 11) is 1.84. The van der Waals surface area contributed by atoms with E-state index in [1.54, 1.807) is 0 Å². The molecule has 1 N–H and O–H groups in total. The smallest absolute Gasteiger partial charge is 0.228 e. The Morgan fingerprint density at radius 2 is 2.14 bits per heavy atom. The standard InChI is InChI=1S/C10H14N4/c1-7(2)8-4-5-14-9(6-8)12-13-10(14)11-3/h4-7H,1-3H3,(H,11,13). The molecule has 2 heterocycles. The third kappa shape index (κ3) is 1.32. The van der Waals surface area contributed by atoms with Crippen LogP contribution in [0.5, 0.6) is 0 Å². The Morgan fingerprint density at radius 1 is 1.36 bits per heavy atom. The number of rotatable bonds is 2. The number of pyridine rings is 1. The van der Waals surface area contributed by atoms with Gasteiger partial charge in [-0.15, -0.1) is 10.2 Å². The highest BCUT2D eigenvalue weighted by molar-refractivity contribution is 5.47. The molecule has 0 amide bonds. The van der Waals surface area contributed by atoms with Crippen LogP contribution in [0.4, 0.5) is 5.95 Å². The maximum atomic E-state index is 4.08. The highest BCUT2D eigenvalue weighted by Crippen LogP contribution is 2.17. The molecule has 74 valence electrons. The topological polar surface area (TPSA) is 42.2 Å². The predicted octanol–water partition coefficient (Wildman–Crippen LogP) is 1.89. The van der Waals surface area contributed by atoms with Gasteiger partial charge in [-0.1, -0.05) is 13.8 Å². The minimum atomic E-state index is 0.523. The Labute approximate surface area is 83.0 Å². The number of nitrogens with one attached hydrogen (secondary N) is 1. The van der Waals surface area contributed by atoms with Gasteiger partial charge in [0.05, 0.1) is 0 Å². The predicted molar refractivity (Wildman–Crippen MR) is 56.6 cm³/mol. The summed E-state index contributed by atoms with van der Waals surface area (Å²) in [4.78, 5) is 0. The van der Waals surface area contributed by atoms with Crippen LogP contribution in [-0.4, -0.2) is 21.6 Å². The fraction of sp³-hybridized carbons (Fsp3) is 0.400. The number of fused-ring (bicyclic) bond motifs is 1. The van der Waals surface area contributed by atoms with Gasteiger partial charge in [0.15, 0.2) is 5.65 Å². The largest absolute Gasteiger partial charge is 0.357 e. The van der Waals surface area contributed by atoms with Crippen LogP contribution in [-0.2, 0) is 0 Å². The second-order valence-corrected chi connectivity index (χ2v) is 3.62. The quantitative estimate of drug-likeness (QED) is 0.786. The van der Waals surface area contributed by atoms with Crippen LogP contribution in [0.3, 0.4) is 0 Å². The summed E-state index contributed by atoms with van der Waals surface area (Å²) < 4.78 is 1.94. The zero-order valence-electron chi connectivity index (χ0n) is 8.65. The van der Waals surface area contributed by atoms with Crippen LogP contribution >= 0.6 is 0 Å². The molecular formula is C10H14N4. The van der Waals surface area contributed by atoms with Crippen LogP contribution in [0.1, 0.15) is 25.3 Å². The zero-order chi connectivity index (χ0) is 10.1. The normalized spacial score (nSPS) is 11.1. The summed E-state index contributed by atoms with van der Waals surface area (Å²) in [5, 5.41) is 11.1. The molecule has 0 bridgehead atoms. The van der Waals surface area contributed by atoms with Gasteiger partial charge in [-0.25, -0.2) is 0 Å². The number of aromatic nitrogens is 3. The third-order valence-corrected chi connectivity index (χ3v) is 2.32. The van der Waals surface area contributed by atoms with Crippen LogP contribution < -0.4 is 5.32 Å². The minimum Gasteiger partial charge on any atom is -0.357 e. The molecule has 0 spiro atoms. The maximum Gasteiger partial charge on any atom is 0.228 e. The second-order valence-electron chi connectivity index (χ2n) is 3.62. The van der Waals surface area contributed by atoms with Gasteiger partial charge in [-0.2, -0.15) is 0 Å². The first-order valence-electron chi connectivity index (χ1n) is 4.75. The third-order valence-electron chi connectivity index (χ3n) is 2.32. The molecule has 0 saturated carbocycles. The van der Waals surface area contributed by atoms with Crippen molar-refractivity contribution in [2.45, 2.75) is 19.8 Å². The average Bonchev–Trinajstić information content (AvgIpc) is 2.59. The summed E-state index contributed by atoms with van der Waals surface area (Å²) in [5.41, 5.74) is 2.17. The van der Waals surface area contributed by atoms with E-state index in [2.05, 4.69) is 41.5 Å². The van der Waals surface area contributed by atoms with E-state index in [4.69, 9.17) is 0 Å². The van der Waals surface area contributed by atoms with Crippen LogP contribution in [0.25, 0.3) is 5.65 Å². The van der Waals surface area contributed by atoms with Gasteiger partial charge in [0.2, 0.25) is 5.95 Å². The molecule has 0 aliphatic heterocycles. The molecule has 4 nitrogen and oxygen atoms in total. The van der Waals surface area contributed by atoms with E-state index < -0.39 is 0 Å². The maximum absolute atomic E-state index is 4.08. The summed E-state index contributed by atoms with van der Waals surface area (Å²) in [6.07, 6.45) is 2.00. The lowest BCUT2D eigenvalue weighted by molar-refractivity contribution is 0.863. The number of nitrogens with zero attached hydrogens (tertiary/aromatic N) is 3. The highest BCUT2D eigenvalue weighted by Gasteiger charge is 2.05. The van der Waals surface area contributed by atoms with Gasteiger partial charge >= 0.3 is 0 Å². The van der Waals surface area contributed by atoms with Crippen molar-refractivity contribution in [2.75, 3.05) is 12.4 Å². The van der Waals surface area contributed by atoms with E-state index in [9.17, 15) is 0 Å². The van der Waals surface area contributed by atoms with Crippen LogP contribution in [0.2, 0.25) is 0 Å². The van der Waals surface area contributed by atoms with Gasteiger partial charge in [0.1, 0.15) is 0 Å². The van der Waals surface area contributed by atoms with E-state index in [1.165, 1.54) is 5.56 Å². The second kappa shape index (κ2) is 3.29. The first-order chi connectivity index (χ1) is 6.72. The van der Waals surface area contributed by atoms with Gasteiger partial charge in [-0.05, 0) is 23.6 Å². The summed E-state index contributed by atoms with van der Waals surface area (Å²) in [6, 6.07) is 4.17. The Hall–Kier alpha value is -1.58. The van der Waals surface area contributed by atoms with Crippen molar-refractivity contribution in [3.8, 4) is 0 Å². The molecule has 0 aliphatic carbocycles. The van der Waals surface area contributed by atoms with Crippen molar-refractivity contribution in [3.05, 3.63) is 23.9 Å². The van der Waals surface area contributed by atoms with Gasteiger partial charge in [0.25, 0.3) is 0 Å². The van der Waals surface area contributed by atoms with E-state index in [-0.39, 0.29) is 0 Å². The first kappa shape index (κ1) is 8.99. The molecule has 0 fully saturated rings. The SMILES string of the molecule is CNc1nnc2cc(C(C)C)ccn12. The fourth-order valence-corrected chi connectivity index (χ4v) is 1.44. The Balaban J connectivity index is 2.57. The van der Waals surface area contributed by atoms with Crippen molar-refractivity contribution in [2.24, 2.45) is 0 Å². The lowest BCUT2D eigenvalue weighted by Gasteiger charge is -2.05. The molecule has 2 aromatic rings. The fourth-order valence-electron chi connectivity index (χ4n) is 1.44. The number of hydrogen-bond acceptors (Lipinski definition) is 3. The van der Waals surface area contributed by atoms with Gasteiger partial charge in [0, 0.05) is 13.2 Å². The van der Waals surface area contributed by atoms with Crippen molar-refractivity contribution < 1.29 is 0 Å². The molecule has 0 aliphatic rings. The molecular weight excluding hydrogens is 176 g/mol. The number of hydrogen-bond donors (Lipinski definition) is 1. The highest BCUT2D eigenvalue weighted by atomic mass is 15.3. The molecule has 0 radical (unpaired) electrons. The van der Waals surface area contributed by atoms with Crippen molar-refractivity contribution in [3.63, 3.8) is 0 Å². The van der Waals surface area contributed by atoms with E-state index in [0.29, 0.717) is 5.92 Å². The molecule has 2 rings (SSSR count). The van der Waals surface area contributed by atoms with Crippen LogP contribution in [0, 0.1) is 0 Å². The molecule has 4 heteroatoms. The zero-order valence-corrected chi connectivity index (χ0v) is 8.65. The molecule has 14 heavy (non-hydrogen) atoms. The van der Waals surface area contributed by atoms with Crippen molar-refractivity contribution >= 4 is 11.6 Å². The van der Waals surface area contributed by atoms with Crippen molar-refractivity contribution in [1.29, 1.82) is 0 Å². The molecule has 0 atom stereocenters. The lowest BCUT2D eigenvalue weighted by atomic mass is 10.1. The number of anilines is 1. The first-order valence-corrected chi connectivity index (χ1v) is 4.75. The average molecular weight is 190 g/mol. The molecule has 0 saturated heterocycles. The summed E-state index contributed by atoms with van der Waals surface area (Å²) in [5.74, 6) is 1.30. The lowest BCUT2D eigenvalue weighted by Crippen LogP contribution is -1.96.